The maximum absolute atomic E-state index is 5.66. The third-order valence-corrected chi connectivity index (χ3v) is 2.09. The first-order valence-corrected chi connectivity index (χ1v) is 4.26. The number of benzene rings is 1. The van der Waals surface area contributed by atoms with Crippen molar-refractivity contribution < 1.29 is 0 Å². The van der Waals surface area contributed by atoms with Gasteiger partial charge in [-0.15, -0.1) is 0 Å². The van der Waals surface area contributed by atoms with Crippen molar-refractivity contribution in [1.82, 2.24) is 0 Å². The van der Waals surface area contributed by atoms with Gasteiger partial charge < -0.3 is 0 Å². The normalized spacial score (nSPS) is 9.40. The van der Waals surface area contributed by atoms with Crippen LogP contribution in [0.25, 0.3) is 5.03 Å². The van der Waals surface area contributed by atoms with Crippen molar-refractivity contribution in [1.29, 1.82) is 0 Å². The van der Waals surface area contributed by atoms with E-state index in [1.54, 1.807) is 0 Å². The van der Waals surface area contributed by atoms with Gasteiger partial charge in [-0.2, -0.15) is 0 Å². The summed E-state index contributed by atoms with van der Waals surface area (Å²) < 4.78 is 1.21. The third kappa shape index (κ3) is 1.99. The maximum Gasteiger partial charge on any atom is 0.0406 e. The van der Waals surface area contributed by atoms with Gasteiger partial charge in [0.05, 0.1) is 0 Å². The molecular weight excluding hydrogens is 258 g/mol. The Hall–Kier alpha value is -0.0200. The molecule has 0 aliphatic heterocycles. The molecule has 1 aromatic rings. The zero-order valence-corrected chi connectivity index (χ0v) is 8.19. The molecule has 0 unspecified atom stereocenters. The molecular formula is C8H6ClI. The van der Waals surface area contributed by atoms with E-state index in [1.165, 1.54) is 3.57 Å². The van der Waals surface area contributed by atoms with Gasteiger partial charge in [0, 0.05) is 8.60 Å². The molecule has 0 aliphatic rings. The Kier molecular flexibility index (Phi) is 2.74. The summed E-state index contributed by atoms with van der Waals surface area (Å²) in [6.07, 6.45) is 0. The van der Waals surface area contributed by atoms with E-state index in [9.17, 15) is 0 Å². The van der Waals surface area contributed by atoms with Gasteiger partial charge in [-0.1, -0.05) is 30.3 Å². The van der Waals surface area contributed by atoms with Crippen molar-refractivity contribution in [3.8, 4) is 0 Å². The number of hydrogen-bond donors (Lipinski definition) is 0. The standard InChI is InChI=1S/C8H6ClI/c1-6(9)7-2-4-8(10)5-3-7/h2-5H,1H2. The summed E-state index contributed by atoms with van der Waals surface area (Å²) >= 11 is 7.91. The van der Waals surface area contributed by atoms with Crippen LogP contribution < -0.4 is 0 Å². The Morgan fingerprint density at radius 3 is 2.20 bits per heavy atom. The minimum Gasteiger partial charge on any atom is -0.0843 e. The summed E-state index contributed by atoms with van der Waals surface area (Å²) in [7, 11) is 0. The van der Waals surface area contributed by atoms with Gasteiger partial charge in [-0.05, 0) is 40.3 Å². The molecule has 0 fully saturated rings. The van der Waals surface area contributed by atoms with Crippen LogP contribution in [0.5, 0.6) is 0 Å². The molecule has 0 amide bonds. The van der Waals surface area contributed by atoms with Gasteiger partial charge in [0.15, 0.2) is 0 Å². The smallest absolute Gasteiger partial charge is 0.0406 e. The molecule has 1 rings (SSSR count). The van der Waals surface area contributed by atoms with Crippen molar-refractivity contribution in [3.05, 3.63) is 40.0 Å². The van der Waals surface area contributed by atoms with Crippen LogP contribution in [-0.2, 0) is 0 Å². The lowest BCUT2D eigenvalue weighted by Crippen LogP contribution is -1.74. The molecule has 0 saturated heterocycles. The van der Waals surface area contributed by atoms with Gasteiger partial charge in [-0.3, -0.25) is 0 Å². The van der Waals surface area contributed by atoms with Crippen LogP contribution in [0.3, 0.4) is 0 Å². The van der Waals surface area contributed by atoms with Crippen LogP contribution in [0.4, 0.5) is 0 Å². The fourth-order valence-corrected chi connectivity index (χ4v) is 1.12. The van der Waals surface area contributed by atoms with Crippen molar-refractivity contribution in [2.75, 3.05) is 0 Å². The highest BCUT2D eigenvalue weighted by molar-refractivity contribution is 14.1. The third-order valence-electron chi connectivity index (χ3n) is 1.16. The van der Waals surface area contributed by atoms with E-state index >= 15 is 0 Å². The van der Waals surface area contributed by atoms with E-state index < -0.39 is 0 Å². The van der Waals surface area contributed by atoms with E-state index in [0.717, 1.165) is 5.56 Å². The lowest BCUT2D eigenvalue weighted by atomic mass is 10.2. The molecule has 0 radical (unpaired) electrons. The summed E-state index contributed by atoms with van der Waals surface area (Å²) in [4.78, 5) is 0. The van der Waals surface area contributed by atoms with E-state index in [4.69, 9.17) is 11.6 Å². The molecule has 52 valence electrons. The number of hydrogen-bond acceptors (Lipinski definition) is 0. The van der Waals surface area contributed by atoms with Gasteiger partial charge >= 0.3 is 0 Å². The highest BCUT2D eigenvalue weighted by Gasteiger charge is 1.92. The fourth-order valence-electron chi connectivity index (χ4n) is 0.631. The minimum atomic E-state index is 0.594. The Balaban J connectivity index is 3.00. The van der Waals surface area contributed by atoms with Crippen molar-refractivity contribution >= 4 is 39.2 Å². The zero-order chi connectivity index (χ0) is 7.56. The topological polar surface area (TPSA) is 0 Å². The summed E-state index contributed by atoms with van der Waals surface area (Å²) in [6.45, 7) is 3.62. The van der Waals surface area contributed by atoms with Crippen LogP contribution in [0.2, 0.25) is 0 Å². The molecule has 0 saturated carbocycles. The quantitative estimate of drug-likeness (QED) is 0.681. The Labute approximate surface area is 79.0 Å². The van der Waals surface area contributed by atoms with Gasteiger partial charge in [0.2, 0.25) is 0 Å². The summed E-state index contributed by atoms with van der Waals surface area (Å²) in [5.74, 6) is 0. The summed E-state index contributed by atoms with van der Waals surface area (Å²) in [6, 6.07) is 7.92. The van der Waals surface area contributed by atoms with Crippen molar-refractivity contribution in [2.24, 2.45) is 0 Å². The van der Waals surface area contributed by atoms with Crippen LogP contribution in [0.15, 0.2) is 30.8 Å². The average Bonchev–Trinajstić information content (AvgIpc) is 1.88. The van der Waals surface area contributed by atoms with Gasteiger partial charge in [0.1, 0.15) is 0 Å². The Bertz CT molecular complexity index is 238. The highest BCUT2D eigenvalue weighted by atomic mass is 127. The molecule has 0 heterocycles. The van der Waals surface area contributed by atoms with Crippen LogP contribution >= 0.6 is 34.2 Å². The largest absolute Gasteiger partial charge is 0.0843 e. The van der Waals surface area contributed by atoms with E-state index in [1.807, 2.05) is 24.3 Å². The molecule has 10 heavy (non-hydrogen) atoms. The maximum atomic E-state index is 5.66. The summed E-state index contributed by atoms with van der Waals surface area (Å²) in [5.41, 5.74) is 0.988. The fraction of sp³-hybridized carbons (Fsp3) is 0. The molecule has 2 heteroatoms. The van der Waals surface area contributed by atoms with Crippen LogP contribution in [-0.4, -0.2) is 0 Å². The lowest BCUT2D eigenvalue weighted by Gasteiger charge is -1.95. The zero-order valence-electron chi connectivity index (χ0n) is 5.27. The number of halogens is 2. The molecule has 0 atom stereocenters. The van der Waals surface area contributed by atoms with Crippen molar-refractivity contribution in [3.63, 3.8) is 0 Å². The number of rotatable bonds is 1. The second-order valence-electron chi connectivity index (χ2n) is 1.91. The molecule has 0 N–H and O–H groups in total. The van der Waals surface area contributed by atoms with E-state index in [-0.39, 0.29) is 0 Å². The minimum absolute atomic E-state index is 0.594. The molecule has 0 aromatic heterocycles. The first-order chi connectivity index (χ1) is 4.70. The summed E-state index contributed by atoms with van der Waals surface area (Å²) in [5, 5.41) is 0.594. The highest BCUT2D eigenvalue weighted by Crippen LogP contribution is 2.16. The molecule has 0 bridgehead atoms. The second-order valence-corrected chi connectivity index (χ2v) is 3.61. The van der Waals surface area contributed by atoms with Gasteiger partial charge in [0.25, 0.3) is 0 Å². The SMILES string of the molecule is C=C(Cl)c1ccc(I)cc1. The van der Waals surface area contributed by atoms with Crippen LogP contribution in [0, 0.1) is 3.57 Å². The predicted molar refractivity (Wildman–Crippen MR) is 54.0 cm³/mol. The molecule has 0 nitrogen and oxygen atoms in total. The average molecular weight is 264 g/mol. The van der Waals surface area contributed by atoms with Crippen LogP contribution in [0.1, 0.15) is 5.56 Å². The predicted octanol–water partition coefficient (Wildman–Crippen LogP) is 3.50. The molecule has 0 spiro atoms. The van der Waals surface area contributed by atoms with Crippen molar-refractivity contribution in [2.45, 2.75) is 0 Å². The molecule has 1 aromatic carbocycles. The first kappa shape index (κ1) is 8.08. The molecule has 0 aliphatic carbocycles. The monoisotopic (exact) mass is 264 g/mol. The van der Waals surface area contributed by atoms with Gasteiger partial charge in [-0.25, -0.2) is 0 Å². The second kappa shape index (κ2) is 3.39. The lowest BCUT2D eigenvalue weighted by molar-refractivity contribution is 1.61. The Morgan fingerprint density at radius 2 is 1.80 bits per heavy atom. The first-order valence-electron chi connectivity index (χ1n) is 2.80. The Morgan fingerprint density at radius 1 is 1.30 bits per heavy atom. The van der Waals surface area contributed by atoms with E-state index in [0.29, 0.717) is 5.03 Å². The van der Waals surface area contributed by atoms with E-state index in [2.05, 4.69) is 29.2 Å².